The van der Waals surface area contributed by atoms with Crippen LogP contribution in [0, 0.1) is 10.1 Å². The number of carboxylic acid groups (broad SMARTS) is 1. The second-order valence-corrected chi connectivity index (χ2v) is 4.66. The number of carbonyl (C=O) groups excluding carboxylic acids is 1. The number of nitrogens with one attached hydrogen (secondary N) is 2. The molecule has 0 aliphatic heterocycles. The number of halogens is 1. The van der Waals surface area contributed by atoms with Crippen LogP contribution in [0.2, 0.25) is 0 Å². The average molecular weight is 355 g/mol. The molecule has 1 aromatic heterocycles. The van der Waals surface area contributed by atoms with E-state index in [0.717, 1.165) is 12.4 Å². The van der Waals surface area contributed by atoms with E-state index in [-0.39, 0.29) is 27.2 Å². The van der Waals surface area contributed by atoms with E-state index >= 15 is 0 Å². The number of rotatable bonds is 4. The number of nitrogens with zero attached hydrogens (tertiary/aromatic N) is 2. The molecule has 0 saturated heterocycles. The van der Waals surface area contributed by atoms with Gasteiger partial charge in [0.15, 0.2) is 11.4 Å². The Hall–Kier alpha value is -2.75. The molecule has 0 aliphatic carbocycles. The largest absolute Gasteiger partial charge is 0.477 e. The summed E-state index contributed by atoms with van der Waals surface area (Å²) in [5, 5.41) is 22.0. The van der Waals surface area contributed by atoms with Gasteiger partial charge in [-0.3, -0.25) is 14.9 Å². The van der Waals surface area contributed by atoms with Crippen LogP contribution in [0.3, 0.4) is 0 Å². The van der Waals surface area contributed by atoms with Crippen LogP contribution in [0.4, 0.5) is 11.4 Å². The summed E-state index contributed by atoms with van der Waals surface area (Å²) in [6.07, 6.45) is 1.07. The van der Waals surface area contributed by atoms with Crippen LogP contribution >= 0.6 is 15.9 Å². The molecule has 2 rings (SSSR count). The van der Waals surface area contributed by atoms with Gasteiger partial charge in [-0.25, -0.2) is 9.78 Å². The maximum absolute atomic E-state index is 11.9. The maximum Gasteiger partial charge on any atom is 0.354 e. The first-order valence-electron chi connectivity index (χ1n) is 5.42. The molecule has 0 unspecified atom stereocenters. The Bertz CT molecular complexity index is 742. The highest BCUT2D eigenvalue weighted by Crippen LogP contribution is 2.28. The third-order valence-electron chi connectivity index (χ3n) is 2.47. The van der Waals surface area contributed by atoms with Crippen molar-refractivity contribution in [1.82, 2.24) is 9.97 Å². The molecule has 0 bridgehead atoms. The van der Waals surface area contributed by atoms with Crippen molar-refractivity contribution in [2.45, 2.75) is 0 Å². The van der Waals surface area contributed by atoms with Gasteiger partial charge >= 0.3 is 5.97 Å². The number of hydrogen-bond donors (Lipinski definition) is 3. The normalized spacial score (nSPS) is 10.1. The van der Waals surface area contributed by atoms with Crippen LogP contribution in [0.25, 0.3) is 0 Å². The lowest BCUT2D eigenvalue weighted by atomic mass is 10.2. The summed E-state index contributed by atoms with van der Waals surface area (Å²) in [4.78, 5) is 38.9. The SMILES string of the molecule is O=C(Nc1ccc(Br)c([N+](=O)[O-])c1)c1nc[nH]c1C(=O)O. The van der Waals surface area contributed by atoms with Gasteiger partial charge in [0.2, 0.25) is 0 Å². The van der Waals surface area contributed by atoms with Crippen LogP contribution in [-0.2, 0) is 0 Å². The zero-order chi connectivity index (χ0) is 15.6. The number of benzene rings is 1. The van der Waals surface area contributed by atoms with Gasteiger partial charge in [0.25, 0.3) is 11.6 Å². The van der Waals surface area contributed by atoms with E-state index in [4.69, 9.17) is 5.11 Å². The van der Waals surface area contributed by atoms with Gasteiger partial charge < -0.3 is 15.4 Å². The summed E-state index contributed by atoms with van der Waals surface area (Å²) < 4.78 is 0.261. The molecule has 2 aromatic rings. The van der Waals surface area contributed by atoms with Crippen LogP contribution in [0.15, 0.2) is 29.0 Å². The van der Waals surface area contributed by atoms with E-state index in [9.17, 15) is 19.7 Å². The van der Waals surface area contributed by atoms with Gasteiger partial charge in [0.05, 0.1) is 15.7 Å². The number of aromatic nitrogens is 2. The van der Waals surface area contributed by atoms with E-state index in [1.165, 1.54) is 12.1 Å². The Morgan fingerprint density at radius 2 is 2.14 bits per heavy atom. The summed E-state index contributed by atoms with van der Waals surface area (Å²) in [5.74, 6) is -2.12. The molecular weight excluding hydrogens is 348 g/mol. The molecule has 0 spiro atoms. The van der Waals surface area contributed by atoms with Crippen molar-refractivity contribution in [2.24, 2.45) is 0 Å². The van der Waals surface area contributed by atoms with Crippen molar-refractivity contribution in [2.75, 3.05) is 5.32 Å². The molecule has 108 valence electrons. The molecular formula is C11H7BrN4O5. The monoisotopic (exact) mass is 354 g/mol. The first-order chi connectivity index (χ1) is 9.90. The van der Waals surface area contributed by atoms with Gasteiger partial charge in [-0.2, -0.15) is 0 Å². The first kappa shape index (κ1) is 14.7. The van der Waals surface area contributed by atoms with E-state index in [1.54, 1.807) is 0 Å². The number of carbonyl (C=O) groups is 2. The minimum absolute atomic E-state index is 0.147. The Kier molecular flexibility index (Phi) is 3.98. The van der Waals surface area contributed by atoms with Gasteiger partial charge in [0, 0.05) is 11.8 Å². The number of imidazole rings is 1. The number of aromatic amines is 1. The molecule has 0 atom stereocenters. The molecule has 1 heterocycles. The van der Waals surface area contributed by atoms with E-state index in [1.807, 2.05) is 0 Å². The molecule has 0 saturated carbocycles. The Morgan fingerprint density at radius 1 is 1.43 bits per heavy atom. The van der Waals surface area contributed by atoms with E-state index in [2.05, 4.69) is 31.2 Å². The third-order valence-corrected chi connectivity index (χ3v) is 3.14. The fourth-order valence-electron chi connectivity index (χ4n) is 1.55. The van der Waals surface area contributed by atoms with Gasteiger partial charge in [-0.05, 0) is 28.1 Å². The summed E-state index contributed by atoms with van der Waals surface area (Å²) in [6, 6.07) is 3.98. The minimum Gasteiger partial charge on any atom is -0.477 e. The second kappa shape index (κ2) is 5.71. The molecule has 1 amide bonds. The van der Waals surface area contributed by atoms with Crippen LogP contribution in [0.5, 0.6) is 0 Å². The Morgan fingerprint density at radius 3 is 2.76 bits per heavy atom. The van der Waals surface area contributed by atoms with Crippen molar-refractivity contribution in [3.63, 3.8) is 0 Å². The van der Waals surface area contributed by atoms with Crippen molar-refractivity contribution < 1.29 is 19.6 Å². The molecule has 10 heteroatoms. The highest BCUT2D eigenvalue weighted by atomic mass is 79.9. The quantitative estimate of drug-likeness (QED) is 0.567. The lowest BCUT2D eigenvalue weighted by Crippen LogP contribution is -2.16. The number of carboxylic acids is 1. The molecule has 0 fully saturated rings. The second-order valence-electron chi connectivity index (χ2n) is 3.81. The zero-order valence-electron chi connectivity index (χ0n) is 10.2. The molecule has 0 radical (unpaired) electrons. The zero-order valence-corrected chi connectivity index (χ0v) is 11.7. The molecule has 3 N–H and O–H groups in total. The lowest BCUT2D eigenvalue weighted by molar-refractivity contribution is -0.385. The number of hydrogen-bond acceptors (Lipinski definition) is 5. The predicted molar refractivity (Wildman–Crippen MR) is 74.3 cm³/mol. The van der Waals surface area contributed by atoms with Crippen molar-refractivity contribution >= 4 is 39.2 Å². The number of aromatic carboxylic acids is 1. The highest BCUT2D eigenvalue weighted by Gasteiger charge is 2.21. The molecule has 21 heavy (non-hydrogen) atoms. The third kappa shape index (κ3) is 3.05. The Balaban J connectivity index is 2.28. The minimum atomic E-state index is -1.33. The number of nitro groups is 1. The molecule has 9 nitrogen and oxygen atoms in total. The summed E-state index contributed by atoms with van der Waals surface area (Å²) in [7, 11) is 0. The first-order valence-corrected chi connectivity index (χ1v) is 6.21. The average Bonchev–Trinajstić information content (AvgIpc) is 2.90. The summed E-state index contributed by atoms with van der Waals surface area (Å²) in [6.45, 7) is 0. The van der Waals surface area contributed by atoms with Crippen LogP contribution in [0.1, 0.15) is 21.0 Å². The van der Waals surface area contributed by atoms with Crippen LogP contribution in [-0.4, -0.2) is 31.9 Å². The van der Waals surface area contributed by atoms with E-state index in [0.29, 0.717) is 0 Å². The fourth-order valence-corrected chi connectivity index (χ4v) is 1.94. The summed E-state index contributed by atoms with van der Waals surface area (Å²) in [5.41, 5.74) is -0.755. The van der Waals surface area contributed by atoms with E-state index < -0.39 is 16.8 Å². The van der Waals surface area contributed by atoms with Crippen molar-refractivity contribution in [3.05, 3.63) is 50.5 Å². The fraction of sp³-hybridized carbons (Fsp3) is 0. The van der Waals surface area contributed by atoms with Crippen molar-refractivity contribution in [1.29, 1.82) is 0 Å². The smallest absolute Gasteiger partial charge is 0.354 e. The predicted octanol–water partition coefficient (Wildman–Crippen LogP) is 2.03. The molecule has 1 aromatic carbocycles. The number of anilines is 1. The topological polar surface area (TPSA) is 138 Å². The van der Waals surface area contributed by atoms with Crippen molar-refractivity contribution in [3.8, 4) is 0 Å². The lowest BCUT2D eigenvalue weighted by Gasteiger charge is -2.04. The van der Waals surface area contributed by atoms with Gasteiger partial charge in [-0.1, -0.05) is 0 Å². The highest BCUT2D eigenvalue weighted by molar-refractivity contribution is 9.10. The maximum atomic E-state index is 11.9. The number of amides is 1. The van der Waals surface area contributed by atoms with Crippen LogP contribution < -0.4 is 5.32 Å². The Labute approximate surface area is 125 Å². The summed E-state index contributed by atoms with van der Waals surface area (Å²) >= 11 is 3.02. The standard InChI is InChI=1S/C11H7BrN4O5/c12-6-2-1-5(3-7(6)16(20)21)15-10(17)8-9(11(18)19)14-4-13-8/h1-4H,(H,13,14)(H,15,17)(H,18,19). The molecule has 0 aliphatic rings. The number of nitro benzene ring substituents is 1. The number of H-pyrrole nitrogens is 1. The van der Waals surface area contributed by atoms with Gasteiger partial charge in [0.1, 0.15) is 0 Å². The van der Waals surface area contributed by atoms with Gasteiger partial charge in [-0.15, -0.1) is 0 Å².